The first-order chi connectivity index (χ1) is 7.81. The highest BCUT2D eigenvalue weighted by Crippen LogP contribution is 2.16. The maximum absolute atomic E-state index is 8.86. The number of piperazine rings is 1. The van der Waals surface area contributed by atoms with Gasteiger partial charge in [-0.1, -0.05) is 18.2 Å². The summed E-state index contributed by atoms with van der Waals surface area (Å²) in [7, 11) is 0. The molecule has 1 aromatic rings. The first kappa shape index (κ1) is 11.0. The summed E-state index contributed by atoms with van der Waals surface area (Å²) in [6, 6.07) is 12.8. The van der Waals surface area contributed by atoms with Crippen LogP contribution in [0.3, 0.4) is 0 Å². The Morgan fingerprint density at radius 3 is 2.31 bits per heavy atom. The Balaban J connectivity index is 1.94. The third kappa shape index (κ3) is 2.34. The Kier molecular flexibility index (Phi) is 3.43. The van der Waals surface area contributed by atoms with Gasteiger partial charge in [-0.15, -0.1) is 0 Å². The molecule has 1 atom stereocenters. The fourth-order valence-corrected chi connectivity index (χ4v) is 2.09. The van der Waals surface area contributed by atoms with Gasteiger partial charge in [0.2, 0.25) is 0 Å². The van der Waals surface area contributed by atoms with E-state index in [9.17, 15) is 0 Å². The van der Waals surface area contributed by atoms with E-state index >= 15 is 0 Å². The van der Waals surface area contributed by atoms with Crippen molar-refractivity contribution in [2.24, 2.45) is 0 Å². The fraction of sp³-hybridized carbons (Fsp3) is 0.462. The van der Waals surface area contributed by atoms with E-state index in [1.165, 1.54) is 5.69 Å². The van der Waals surface area contributed by atoms with Crippen molar-refractivity contribution >= 4 is 5.69 Å². The molecule has 1 aliphatic rings. The first-order valence-corrected chi connectivity index (χ1v) is 5.75. The Bertz CT molecular complexity index is 361. The molecule has 3 nitrogen and oxygen atoms in total. The molecule has 84 valence electrons. The molecule has 0 aliphatic carbocycles. The normalized spacial score (nSPS) is 19.1. The molecule has 0 bridgehead atoms. The molecule has 0 N–H and O–H groups in total. The summed E-state index contributed by atoms with van der Waals surface area (Å²) in [5, 5.41) is 8.86. The van der Waals surface area contributed by atoms with Crippen LogP contribution in [0.5, 0.6) is 0 Å². The minimum absolute atomic E-state index is 0.0397. The van der Waals surface area contributed by atoms with Crippen LogP contribution in [0.1, 0.15) is 6.92 Å². The molecule has 1 unspecified atom stereocenters. The summed E-state index contributed by atoms with van der Waals surface area (Å²) in [6.45, 7) is 5.94. The smallest absolute Gasteiger partial charge is 0.0950 e. The summed E-state index contributed by atoms with van der Waals surface area (Å²) < 4.78 is 0. The van der Waals surface area contributed by atoms with Crippen molar-refractivity contribution in [1.29, 1.82) is 5.26 Å². The SMILES string of the molecule is CC(C#N)N1CCN(c2ccccc2)CC1. The summed E-state index contributed by atoms with van der Waals surface area (Å²) in [5.41, 5.74) is 1.28. The van der Waals surface area contributed by atoms with Gasteiger partial charge in [-0.3, -0.25) is 4.90 Å². The minimum atomic E-state index is 0.0397. The highest BCUT2D eigenvalue weighted by Gasteiger charge is 2.20. The van der Waals surface area contributed by atoms with Gasteiger partial charge < -0.3 is 4.90 Å². The van der Waals surface area contributed by atoms with E-state index in [1.54, 1.807) is 0 Å². The molecule has 0 aromatic heterocycles. The largest absolute Gasteiger partial charge is 0.369 e. The lowest BCUT2D eigenvalue weighted by Gasteiger charge is -2.37. The Morgan fingerprint density at radius 2 is 1.75 bits per heavy atom. The topological polar surface area (TPSA) is 30.3 Å². The maximum atomic E-state index is 8.86. The van der Waals surface area contributed by atoms with Crippen LogP contribution in [-0.2, 0) is 0 Å². The highest BCUT2D eigenvalue weighted by atomic mass is 15.3. The lowest BCUT2D eigenvalue weighted by molar-refractivity contribution is 0.231. The molecule has 1 aromatic carbocycles. The third-order valence-corrected chi connectivity index (χ3v) is 3.17. The van der Waals surface area contributed by atoms with Crippen molar-refractivity contribution in [2.45, 2.75) is 13.0 Å². The van der Waals surface area contributed by atoms with Crippen LogP contribution < -0.4 is 4.90 Å². The summed E-state index contributed by atoms with van der Waals surface area (Å²) in [6.07, 6.45) is 0. The molecule has 0 radical (unpaired) electrons. The van der Waals surface area contributed by atoms with Crippen molar-refractivity contribution in [1.82, 2.24) is 4.90 Å². The van der Waals surface area contributed by atoms with Crippen LogP contribution in [0.4, 0.5) is 5.69 Å². The van der Waals surface area contributed by atoms with Crippen molar-refractivity contribution in [3.63, 3.8) is 0 Å². The van der Waals surface area contributed by atoms with Crippen molar-refractivity contribution in [3.05, 3.63) is 30.3 Å². The number of nitrogens with zero attached hydrogens (tertiary/aromatic N) is 3. The molecule has 0 amide bonds. The van der Waals surface area contributed by atoms with Gasteiger partial charge in [0.25, 0.3) is 0 Å². The summed E-state index contributed by atoms with van der Waals surface area (Å²) >= 11 is 0. The van der Waals surface area contributed by atoms with Gasteiger partial charge in [0.15, 0.2) is 0 Å². The molecule has 3 heteroatoms. The van der Waals surface area contributed by atoms with E-state index in [2.05, 4.69) is 40.1 Å². The molecule has 0 saturated carbocycles. The number of benzene rings is 1. The molecule has 1 heterocycles. The summed E-state index contributed by atoms with van der Waals surface area (Å²) in [4.78, 5) is 4.61. The second-order valence-corrected chi connectivity index (χ2v) is 4.16. The average Bonchev–Trinajstić information content (AvgIpc) is 2.39. The van der Waals surface area contributed by atoms with Gasteiger partial charge in [-0.05, 0) is 19.1 Å². The average molecular weight is 215 g/mol. The zero-order valence-corrected chi connectivity index (χ0v) is 9.63. The number of rotatable bonds is 2. The first-order valence-electron chi connectivity index (χ1n) is 5.75. The van der Waals surface area contributed by atoms with Gasteiger partial charge in [0.05, 0.1) is 12.1 Å². The van der Waals surface area contributed by atoms with Crippen molar-refractivity contribution < 1.29 is 0 Å². The second-order valence-electron chi connectivity index (χ2n) is 4.16. The number of nitriles is 1. The number of para-hydroxylation sites is 1. The van der Waals surface area contributed by atoms with E-state index in [-0.39, 0.29) is 6.04 Å². The number of hydrogen-bond acceptors (Lipinski definition) is 3. The van der Waals surface area contributed by atoms with Crippen molar-refractivity contribution in [3.8, 4) is 6.07 Å². The molecule has 1 fully saturated rings. The number of hydrogen-bond donors (Lipinski definition) is 0. The van der Waals surface area contributed by atoms with Crippen LogP contribution in [0.2, 0.25) is 0 Å². The monoisotopic (exact) mass is 215 g/mol. The standard InChI is InChI=1S/C13H17N3/c1-12(11-14)15-7-9-16(10-8-15)13-5-3-2-4-6-13/h2-6,12H,7-10H2,1H3. The van der Waals surface area contributed by atoms with E-state index in [4.69, 9.17) is 5.26 Å². The zero-order valence-electron chi connectivity index (χ0n) is 9.63. The molecule has 1 aliphatic heterocycles. The highest BCUT2D eigenvalue weighted by molar-refractivity contribution is 5.46. The zero-order chi connectivity index (χ0) is 11.4. The Labute approximate surface area is 96.9 Å². The quantitative estimate of drug-likeness (QED) is 0.752. The molecule has 1 saturated heterocycles. The Hall–Kier alpha value is -1.53. The van der Waals surface area contributed by atoms with E-state index in [1.807, 2.05) is 13.0 Å². The van der Waals surface area contributed by atoms with Gasteiger partial charge >= 0.3 is 0 Å². The van der Waals surface area contributed by atoms with Gasteiger partial charge in [0, 0.05) is 31.9 Å². The fourth-order valence-electron chi connectivity index (χ4n) is 2.09. The lowest BCUT2D eigenvalue weighted by Crippen LogP contribution is -2.49. The van der Waals surface area contributed by atoms with Crippen LogP contribution in [0.15, 0.2) is 30.3 Å². The maximum Gasteiger partial charge on any atom is 0.0950 e. The molecular weight excluding hydrogens is 198 g/mol. The number of anilines is 1. The molecule has 0 spiro atoms. The minimum Gasteiger partial charge on any atom is -0.369 e. The van der Waals surface area contributed by atoms with Crippen LogP contribution in [0, 0.1) is 11.3 Å². The third-order valence-electron chi connectivity index (χ3n) is 3.17. The lowest BCUT2D eigenvalue weighted by atomic mass is 10.2. The molecular formula is C13H17N3. The predicted molar refractivity (Wildman–Crippen MR) is 65.3 cm³/mol. The predicted octanol–water partition coefficient (Wildman–Crippen LogP) is 1.72. The van der Waals surface area contributed by atoms with Crippen LogP contribution >= 0.6 is 0 Å². The van der Waals surface area contributed by atoms with Gasteiger partial charge in [-0.25, -0.2) is 0 Å². The van der Waals surface area contributed by atoms with Gasteiger partial charge in [-0.2, -0.15) is 5.26 Å². The molecule has 16 heavy (non-hydrogen) atoms. The van der Waals surface area contributed by atoms with Crippen LogP contribution in [0.25, 0.3) is 0 Å². The van der Waals surface area contributed by atoms with E-state index in [0.717, 1.165) is 26.2 Å². The van der Waals surface area contributed by atoms with Crippen LogP contribution in [-0.4, -0.2) is 37.1 Å². The second kappa shape index (κ2) is 5.00. The van der Waals surface area contributed by atoms with E-state index < -0.39 is 0 Å². The Morgan fingerprint density at radius 1 is 1.12 bits per heavy atom. The summed E-state index contributed by atoms with van der Waals surface area (Å²) in [5.74, 6) is 0. The van der Waals surface area contributed by atoms with Gasteiger partial charge in [0.1, 0.15) is 0 Å². The van der Waals surface area contributed by atoms with Crippen molar-refractivity contribution in [2.75, 3.05) is 31.1 Å². The van der Waals surface area contributed by atoms with E-state index in [0.29, 0.717) is 0 Å². The molecule has 2 rings (SSSR count).